The molecule has 3 aromatic carbocycles. The van der Waals surface area contributed by atoms with Crippen LogP contribution in [0, 0.1) is 18.5 Å². The van der Waals surface area contributed by atoms with Gasteiger partial charge in [0.1, 0.15) is 24.0 Å². The van der Waals surface area contributed by atoms with Crippen molar-refractivity contribution in [3.05, 3.63) is 95.6 Å². The highest BCUT2D eigenvalue weighted by Crippen LogP contribution is 2.30. The molecule has 2 N–H and O–H groups in total. The maximum Gasteiger partial charge on any atom is 0.335 e. The van der Waals surface area contributed by atoms with Crippen molar-refractivity contribution in [3.63, 3.8) is 0 Å². The van der Waals surface area contributed by atoms with Gasteiger partial charge in [-0.2, -0.15) is 5.26 Å². The van der Waals surface area contributed by atoms with Crippen LogP contribution < -0.4 is 10.1 Å². The fourth-order valence-corrected chi connectivity index (χ4v) is 5.16. The summed E-state index contributed by atoms with van der Waals surface area (Å²) in [6, 6.07) is 19.7. The van der Waals surface area contributed by atoms with Gasteiger partial charge in [0.25, 0.3) is 5.91 Å². The number of nitrogens with zero attached hydrogens (tertiary/aromatic N) is 1. The normalized spacial score (nSPS) is 10.9. The molecular weight excluding hydrogens is 658 g/mol. The summed E-state index contributed by atoms with van der Waals surface area (Å²) >= 11 is 4.30. The van der Waals surface area contributed by atoms with Gasteiger partial charge in [-0.3, -0.25) is 4.79 Å². The molecule has 0 bridgehead atoms. The highest BCUT2D eigenvalue weighted by molar-refractivity contribution is 14.1. The molecule has 0 spiro atoms. The van der Waals surface area contributed by atoms with Crippen LogP contribution in [0.3, 0.4) is 0 Å². The van der Waals surface area contributed by atoms with Gasteiger partial charge in [-0.15, -0.1) is 0 Å². The van der Waals surface area contributed by atoms with Crippen LogP contribution in [-0.2, 0) is 17.8 Å². The van der Waals surface area contributed by atoms with E-state index in [9.17, 15) is 14.9 Å². The van der Waals surface area contributed by atoms with Crippen LogP contribution >= 0.6 is 45.2 Å². The number of benzene rings is 3. The van der Waals surface area contributed by atoms with Crippen molar-refractivity contribution in [3.8, 4) is 11.8 Å². The number of hydrogen-bond acceptors (Lipinski definition) is 4. The second-order valence-corrected chi connectivity index (χ2v) is 9.60. The SMILES string of the molecule is CCc1ccc(NC(=O)/C(C#N)=C\c2cc(I)c(OCc3ccc(C(=O)O)cc3)c(I)c2)cc1. The minimum Gasteiger partial charge on any atom is -0.487 e. The molecule has 0 radical (unpaired) electrons. The lowest BCUT2D eigenvalue weighted by Gasteiger charge is -2.12. The van der Waals surface area contributed by atoms with E-state index in [1.165, 1.54) is 12.1 Å². The second kappa shape index (κ2) is 12.0. The van der Waals surface area contributed by atoms with E-state index in [0.29, 0.717) is 17.0 Å². The third-order valence-corrected chi connectivity index (χ3v) is 6.50. The summed E-state index contributed by atoms with van der Waals surface area (Å²) in [5, 5.41) is 21.3. The number of nitriles is 1. The molecular formula is C26H20I2N2O4. The number of nitrogens with one attached hydrogen (secondary N) is 1. The zero-order valence-corrected chi connectivity index (χ0v) is 22.5. The van der Waals surface area contributed by atoms with Crippen LogP contribution in [0.4, 0.5) is 5.69 Å². The van der Waals surface area contributed by atoms with Gasteiger partial charge in [0.05, 0.1) is 12.7 Å². The number of carbonyl (C=O) groups is 2. The number of ether oxygens (including phenoxy) is 1. The molecule has 0 fully saturated rings. The topological polar surface area (TPSA) is 99.4 Å². The molecule has 8 heteroatoms. The van der Waals surface area contributed by atoms with Crippen molar-refractivity contribution < 1.29 is 19.4 Å². The second-order valence-electron chi connectivity index (χ2n) is 7.28. The summed E-state index contributed by atoms with van der Waals surface area (Å²) in [5.41, 5.74) is 3.57. The number of amides is 1. The van der Waals surface area contributed by atoms with E-state index in [4.69, 9.17) is 9.84 Å². The van der Waals surface area contributed by atoms with E-state index < -0.39 is 11.9 Å². The third kappa shape index (κ3) is 6.80. The molecule has 3 rings (SSSR count). The van der Waals surface area contributed by atoms with Crippen LogP contribution in [0.5, 0.6) is 5.75 Å². The van der Waals surface area contributed by atoms with Crippen LogP contribution in [-0.4, -0.2) is 17.0 Å². The number of hydrogen-bond donors (Lipinski definition) is 2. The van der Waals surface area contributed by atoms with E-state index in [-0.39, 0.29) is 17.7 Å². The average molecular weight is 678 g/mol. The number of anilines is 1. The van der Waals surface area contributed by atoms with E-state index in [1.807, 2.05) is 42.5 Å². The van der Waals surface area contributed by atoms with Gasteiger partial charge < -0.3 is 15.2 Å². The maximum absolute atomic E-state index is 12.6. The van der Waals surface area contributed by atoms with Crippen LogP contribution in [0.2, 0.25) is 0 Å². The smallest absolute Gasteiger partial charge is 0.335 e. The minimum atomic E-state index is -0.972. The van der Waals surface area contributed by atoms with Crippen molar-refractivity contribution in [2.45, 2.75) is 20.0 Å². The van der Waals surface area contributed by atoms with E-state index in [1.54, 1.807) is 18.2 Å². The summed E-state index contributed by atoms with van der Waals surface area (Å²) in [6.07, 6.45) is 2.46. The monoisotopic (exact) mass is 678 g/mol. The predicted molar refractivity (Wildman–Crippen MR) is 148 cm³/mol. The van der Waals surface area contributed by atoms with Gasteiger partial charge in [0.2, 0.25) is 0 Å². The largest absolute Gasteiger partial charge is 0.487 e. The predicted octanol–water partition coefficient (Wildman–Crippen LogP) is 6.28. The van der Waals surface area contributed by atoms with Crippen molar-refractivity contribution in [1.82, 2.24) is 0 Å². The molecule has 0 aliphatic heterocycles. The lowest BCUT2D eigenvalue weighted by Crippen LogP contribution is -2.13. The standard InChI is InChI=1S/C26H20I2N2O4/c1-2-16-5-9-21(10-6-16)30-25(31)20(14-29)11-18-12-22(27)24(23(28)13-18)34-15-17-3-7-19(8-4-17)26(32)33/h3-13H,2,15H2,1H3,(H,30,31)(H,32,33)/b20-11-. The Morgan fingerprint density at radius 1 is 1.03 bits per heavy atom. The Morgan fingerprint density at radius 3 is 2.15 bits per heavy atom. The fourth-order valence-electron chi connectivity index (χ4n) is 3.04. The number of aromatic carboxylic acids is 1. The maximum atomic E-state index is 12.6. The molecule has 0 aliphatic carbocycles. The summed E-state index contributed by atoms with van der Waals surface area (Å²) in [7, 11) is 0. The zero-order chi connectivity index (χ0) is 24.7. The number of carbonyl (C=O) groups excluding carboxylic acids is 1. The lowest BCUT2D eigenvalue weighted by atomic mass is 10.1. The van der Waals surface area contributed by atoms with Crippen molar-refractivity contribution in [2.24, 2.45) is 0 Å². The van der Waals surface area contributed by atoms with Gasteiger partial charge in [-0.25, -0.2) is 4.79 Å². The first kappa shape index (κ1) is 25.7. The van der Waals surface area contributed by atoms with Crippen molar-refractivity contribution >= 4 is 68.8 Å². The van der Waals surface area contributed by atoms with Gasteiger partial charge in [0.15, 0.2) is 0 Å². The Labute approximate surface area is 224 Å². The lowest BCUT2D eigenvalue weighted by molar-refractivity contribution is -0.112. The molecule has 0 atom stereocenters. The third-order valence-electron chi connectivity index (χ3n) is 4.90. The minimum absolute atomic E-state index is 0.00152. The Balaban J connectivity index is 1.73. The molecule has 3 aromatic rings. The van der Waals surface area contributed by atoms with Gasteiger partial charge in [-0.05, 0) is 111 Å². The number of rotatable bonds is 8. The molecule has 1 amide bonds. The van der Waals surface area contributed by atoms with Gasteiger partial charge >= 0.3 is 5.97 Å². The molecule has 0 unspecified atom stereocenters. The van der Waals surface area contributed by atoms with Crippen molar-refractivity contribution in [1.29, 1.82) is 5.26 Å². The molecule has 0 aromatic heterocycles. The van der Waals surface area contributed by atoms with Crippen LogP contribution in [0.15, 0.2) is 66.2 Å². The molecule has 172 valence electrons. The molecule has 0 heterocycles. The Morgan fingerprint density at radius 2 is 1.62 bits per heavy atom. The van der Waals surface area contributed by atoms with Crippen LogP contribution in [0.1, 0.15) is 34.0 Å². The van der Waals surface area contributed by atoms with E-state index >= 15 is 0 Å². The van der Waals surface area contributed by atoms with E-state index in [2.05, 4.69) is 57.4 Å². The molecule has 0 aliphatic rings. The van der Waals surface area contributed by atoms with Crippen LogP contribution in [0.25, 0.3) is 6.08 Å². The van der Waals surface area contributed by atoms with Gasteiger partial charge in [-0.1, -0.05) is 31.2 Å². The zero-order valence-electron chi connectivity index (χ0n) is 18.1. The first-order valence-electron chi connectivity index (χ1n) is 10.3. The number of carboxylic acids is 1. The highest BCUT2D eigenvalue weighted by atomic mass is 127. The number of aryl methyl sites for hydroxylation is 1. The molecule has 6 nitrogen and oxygen atoms in total. The molecule has 34 heavy (non-hydrogen) atoms. The van der Waals surface area contributed by atoms with Crippen molar-refractivity contribution in [2.75, 3.05) is 5.32 Å². The summed E-state index contributed by atoms with van der Waals surface area (Å²) < 4.78 is 7.61. The quantitative estimate of drug-likeness (QED) is 0.166. The van der Waals surface area contributed by atoms with Gasteiger partial charge in [0, 0.05) is 5.69 Å². The average Bonchev–Trinajstić information content (AvgIpc) is 2.82. The molecule has 0 saturated carbocycles. The Kier molecular flexibility index (Phi) is 9.06. The molecule has 0 saturated heterocycles. The summed E-state index contributed by atoms with van der Waals surface area (Å²) in [5.74, 6) is -0.762. The Hall–Kier alpha value is -2.91. The summed E-state index contributed by atoms with van der Waals surface area (Å²) in [6.45, 7) is 2.34. The number of halogens is 2. The number of carboxylic acid groups (broad SMARTS) is 1. The first-order chi connectivity index (χ1) is 16.3. The fraction of sp³-hybridized carbons (Fsp3) is 0.115. The summed E-state index contributed by atoms with van der Waals surface area (Å²) in [4.78, 5) is 23.6. The highest BCUT2D eigenvalue weighted by Gasteiger charge is 2.13. The van der Waals surface area contributed by atoms with E-state index in [0.717, 1.165) is 24.7 Å². The first-order valence-corrected chi connectivity index (χ1v) is 12.4. The Bertz CT molecular complexity index is 1250.